The second-order valence-corrected chi connectivity index (χ2v) is 5.96. The summed E-state index contributed by atoms with van der Waals surface area (Å²) in [5.74, 6) is 0.640. The van der Waals surface area contributed by atoms with Gasteiger partial charge in [-0.25, -0.2) is 4.68 Å². The van der Waals surface area contributed by atoms with E-state index < -0.39 is 0 Å². The molecule has 6 heteroatoms. The van der Waals surface area contributed by atoms with Gasteiger partial charge in [0.1, 0.15) is 12.4 Å². The van der Waals surface area contributed by atoms with Crippen molar-refractivity contribution in [2.24, 2.45) is 0 Å². The van der Waals surface area contributed by atoms with Gasteiger partial charge in [-0.05, 0) is 42.8 Å². The second-order valence-electron chi connectivity index (χ2n) is 5.52. The van der Waals surface area contributed by atoms with Crippen molar-refractivity contribution >= 4 is 17.5 Å². The molecule has 2 aromatic carbocycles. The highest BCUT2D eigenvalue weighted by molar-refractivity contribution is 6.30. The Labute approximate surface area is 151 Å². The van der Waals surface area contributed by atoms with E-state index in [0.717, 1.165) is 17.0 Å². The molecule has 0 saturated carbocycles. The molecule has 1 N–H and O–H groups in total. The molecule has 0 spiro atoms. The first-order valence-corrected chi connectivity index (χ1v) is 8.28. The van der Waals surface area contributed by atoms with Crippen molar-refractivity contribution in [1.82, 2.24) is 15.1 Å². The predicted molar refractivity (Wildman–Crippen MR) is 97.6 cm³/mol. The SMILES string of the molecule is Cc1ccccc1OCCNC(=O)c1cnn(-c2ccc(Cl)cc2)c1. The van der Waals surface area contributed by atoms with E-state index in [0.29, 0.717) is 23.7 Å². The summed E-state index contributed by atoms with van der Waals surface area (Å²) in [7, 11) is 0. The first-order chi connectivity index (χ1) is 12.1. The Morgan fingerprint density at radius 2 is 1.96 bits per heavy atom. The van der Waals surface area contributed by atoms with Gasteiger partial charge in [-0.2, -0.15) is 5.10 Å². The molecule has 0 fully saturated rings. The molecule has 5 nitrogen and oxygen atoms in total. The number of rotatable bonds is 6. The third-order valence-corrected chi connectivity index (χ3v) is 3.93. The van der Waals surface area contributed by atoms with Gasteiger partial charge in [-0.1, -0.05) is 29.8 Å². The molecule has 0 aliphatic rings. The van der Waals surface area contributed by atoms with Crippen LogP contribution in [-0.4, -0.2) is 28.8 Å². The van der Waals surface area contributed by atoms with Gasteiger partial charge in [0.25, 0.3) is 5.91 Å². The lowest BCUT2D eigenvalue weighted by Crippen LogP contribution is -2.27. The maximum absolute atomic E-state index is 12.2. The fourth-order valence-corrected chi connectivity index (χ4v) is 2.45. The predicted octanol–water partition coefficient (Wildman–Crippen LogP) is 3.64. The van der Waals surface area contributed by atoms with Crippen molar-refractivity contribution in [1.29, 1.82) is 0 Å². The highest BCUT2D eigenvalue weighted by Crippen LogP contribution is 2.16. The summed E-state index contributed by atoms with van der Waals surface area (Å²) in [5.41, 5.74) is 2.40. The van der Waals surface area contributed by atoms with Crippen LogP contribution in [0.3, 0.4) is 0 Å². The number of hydrogen-bond acceptors (Lipinski definition) is 3. The molecule has 25 heavy (non-hydrogen) atoms. The summed E-state index contributed by atoms with van der Waals surface area (Å²) < 4.78 is 7.29. The average Bonchev–Trinajstić information content (AvgIpc) is 3.11. The van der Waals surface area contributed by atoms with E-state index in [-0.39, 0.29) is 5.91 Å². The smallest absolute Gasteiger partial charge is 0.254 e. The van der Waals surface area contributed by atoms with E-state index >= 15 is 0 Å². The zero-order chi connectivity index (χ0) is 17.6. The van der Waals surface area contributed by atoms with Crippen LogP contribution in [0.5, 0.6) is 5.75 Å². The Morgan fingerprint density at radius 1 is 1.20 bits per heavy atom. The topological polar surface area (TPSA) is 56.1 Å². The van der Waals surface area contributed by atoms with Crippen LogP contribution in [-0.2, 0) is 0 Å². The quantitative estimate of drug-likeness (QED) is 0.687. The van der Waals surface area contributed by atoms with E-state index in [4.69, 9.17) is 16.3 Å². The number of nitrogens with zero attached hydrogens (tertiary/aromatic N) is 2. The average molecular weight is 356 g/mol. The van der Waals surface area contributed by atoms with Crippen LogP contribution in [0.1, 0.15) is 15.9 Å². The Bertz CT molecular complexity index is 859. The molecule has 128 valence electrons. The number of carbonyl (C=O) groups excluding carboxylic acids is 1. The van der Waals surface area contributed by atoms with Crippen LogP contribution in [0.2, 0.25) is 5.02 Å². The van der Waals surface area contributed by atoms with E-state index in [9.17, 15) is 4.79 Å². The molecule has 1 aromatic heterocycles. The molecule has 0 atom stereocenters. The van der Waals surface area contributed by atoms with Gasteiger partial charge in [0.05, 0.1) is 24.0 Å². The van der Waals surface area contributed by atoms with E-state index in [1.54, 1.807) is 23.0 Å². The summed E-state index contributed by atoms with van der Waals surface area (Å²) >= 11 is 5.87. The third-order valence-electron chi connectivity index (χ3n) is 3.67. The molecule has 0 aliphatic heterocycles. The number of amides is 1. The van der Waals surface area contributed by atoms with Crippen LogP contribution in [0.15, 0.2) is 60.9 Å². The van der Waals surface area contributed by atoms with Gasteiger partial charge >= 0.3 is 0 Å². The highest BCUT2D eigenvalue weighted by Gasteiger charge is 2.09. The maximum atomic E-state index is 12.2. The lowest BCUT2D eigenvalue weighted by molar-refractivity contribution is 0.0947. The van der Waals surface area contributed by atoms with Gasteiger partial charge < -0.3 is 10.1 Å². The van der Waals surface area contributed by atoms with Crippen LogP contribution in [0.25, 0.3) is 5.69 Å². The maximum Gasteiger partial charge on any atom is 0.254 e. The standard InChI is InChI=1S/C19H18ClN3O2/c1-14-4-2-3-5-18(14)25-11-10-21-19(24)15-12-22-23(13-15)17-8-6-16(20)7-9-17/h2-9,12-13H,10-11H2,1H3,(H,21,24). The lowest BCUT2D eigenvalue weighted by atomic mass is 10.2. The molecule has 1 amide bonds. The number of aryl methyl sites for hydroxylation is 1. The van der Waals surface area contributed by atoms with Crippen LogP contribution in [0.4, 0.5) is 0 Å². The minimum atomic E-state index is -0.186. The minimum absolute atomic E-state index is 0.186. The van der Waals surface area contributed by atoms with Crippen LogP contribution >= 0.6 is 11.6 Å². The Balaban J connectivity index is 1.52. The zero-order valence-electron chi connectivity index (χ0n) is 13.8. The van der Waals surface area contributed by atoms with E-state index in [2.05, 4.69) is 10.4 Å². The lowest BCUT2D eigenvalue weighted by Gasteiger charge is -2.09. The summed E-state index contributed by atoms with van der Waals surface area (Å²) in [6, 6.07) is 15.0. The van der Waals surface area contributed by atoms with Crippen molar-refractivity contribution in [2.45, 2.75) is 6.92 Å². The van der Waals surface area contributed by atoms with Crippen LogP contribution in [0, 0.1) is 6.92 Å². The van der Waals surface area contributed by atoms with Gasteiger partial charge in [-0.15, -0.1) is 0 Å². The highest BCUT2D eigenvalue weighted by atomic mass is 35.5. The molecular formula is C19H18ClN3O2. The number of benzene rings is 2. The number of hydrogen-bond donors (Lipinski definition) is 1. The Kier molecular flexibility index (Phi) is 5.36. The minimum Gasteiger partial charge on any atom is -0.491 e. The number of nitrogens with one attached hydrogen (secondary N) is 1. The number of carbonyl (C=O) groups is 1. The molecule has 3 rings (SSSR count). The van der Waals surface area contributed by atoms with Crippen molar-refractivity contribution in [3.05, 3.63) is 77.1 Å². The summed E-state index contributed by atoms with van der Waals surface area (Å²) in [6.07, 6.45) is 3.22. The second kappa shape index (κ2) is 7.85. The molecule has 0 aliphatic carbocycles. The fourth-order valence-electron chi connectivity index (χ4n) is 2.32. The molecular weight excluding hydrogens is 338 g/mol. The van der Waals surface area contributed by atoms with Crippen molar-refractivity contribution < 1.29 is 9.53 Å². The summed E-state index contributed by atoms with van der Waals surface area (Å²) in [6.45, 7) is 2.81. The molecule has 0 unspecified atom stereocenters. The molecule has 0 radical (unpaired) electrons. The van der Waals surface area contributed by atoms with E-state index in [1.165, 1.54) is 6.20 Å². The first-order valence-electron chi connectivity index (χ1n) is 7.91. The van der Waals surface area contributed by atoms with Crippen molar-refractivity contribution in [2.75, 3.05) is 13.2 Å². The Hall–Kier alpha value is -2.79. The summed E-state index contributed by atoms with van der Waals surface area (Å²) in [5, 5.41) is 7.69. The van der Waals surface area contributed by atoms with E-state index in [1.807, 2.05) is 43.3 Å². The van der Waals surface area contributed by atoms with Crippen molar-refractivity contribution in [3.63, 3.8) is 0 Å². The van der Waals surface area contributed by atoms with Gasteiger partial charge in [0, 0.05) is 11.2 Å². The van der Waals surface area contributed by atoms with Gasteiger partial charge in [0.15, 0.2) is 0 Å². The normalized spacial score (nSPS) is 10.5. The molecule has 3 aromatic rings. The van der Waals surface area contributed by atoms with Crippen LogP contribution < -0.4 is 10.1 Å². The summed E-state index contributed by atoms with van der Waals surface area (Å²) in [4.78, 5) is 12.2. The van der Waals surface area contributed by atoms with Gasteiger partial charge in [-0.3, -0.25) is 4.79 Å². The third kappa shape index (κ3) is 4.39. The first kappa shape index (κ1) is 17.0. The monoisotopic (exact) mass is 355 g/mol. The number of halogens is 1. The molecule has 0 saturated heterocycles. The Morgan fingerprint density at radius 3 is 2.72 bits per heavy atom. The largest absolute Gasteiger partial charge is 0.491 e. The number of para-hydroxylation sites is 1. The number of aromatic nitrogens is 2. The molecule has 1 heterocycles. The molecule has 0 bridgehead atoms. The van der Waals surface area contributed by atoms with Gasteiger partial charge in [0.2, 0.25) is 0 Å². The van der Waals surface area contributed by atoms with Crippen molar-refractivity contribution in [3.8, 4) is 11.4 Å². The number of ether oxygens (including phenoxy) is 1. The zero-order valence-corrected chi connectivity index (χ0v) is 14.5. The fraction of sp³-hybridized carbons (Fsp3) is 0.158.